The number of nitrogens with one attached hydrogen (secondary N) is 1. The molecule has 1 heterocycles. The number of carbonyl (C=O) groups is 1. The van der Waals surface area contributed by atoms with Crippen molar-refractivity contribution in [3.8, 4) is 0 Å². The molecular formula is C15H20ClN3O3S. The molecule has 0 saturated carbocycles. The summed E-state index contributed by atoms with van der Waals surface area (Å²) in [4.78, 5) is 12.1. The molecule has 0 aromatic heterocycles. The highest BCUT2D eigenvalue weighted by Crippen LogP contribution is 2.24. The van der Waals surface area contributed by atoms with Crippen LogP contribution in [0, 0.1) is 5.92 Å². The van der Waals surface area contributed by atoms with Crippen LogP contribution in [0.5, 0.6) is 0 Å². The second-order valence-electron chi connectivity index (χ2n) is 5.33. The minimum Gasteiger partial charge on any atom is -0.273 e. The Bertz CT molecular complexity index is 666. The molecule has 1 amide bonds. The molecule has 1 N–H and O–H groups in total. The van der Waals surface area contributed by atoms with Crippen molar-refractivity contribution >= 4 is 33.7 Å². The molecule has 23 heavy (non-hydrogen) atoms. The van der Waals surface area contributed by atoms with Gasteiger partial charge in [-0.3, -0.25) is 4.79 Å². The summed E-state index contributed by atoms with van der Waals surface area (Å²) in [6, 6.07) is 6.10. The van der Waals surface area contributed by atoms with Crippen molar-refractivity contribution in [3.63, 3.8) is 0 Å². The summed E-state index contributed by atoms with van der Waals surface area (Å²) in [6.45, 7) is 2.57. The summed E-state index contributed by atoms with van der Waals surface area (Å²) in [5.74, 6) is -0.362. The van der Waals surface area contributed by atoms with Crippen molar-refractivity contribution in [2.45, 2.75) is 31.1 Å². The van der Waals surface area contributed by atoms with E-state index < -0.39 is 10.0 Å². The first-order chi connectivity index (χ1) is 10.9. The third-order valence-electron chi connectivity index (χ3n) is 3.72. The van der Waals surface area contributed by atoms with Crippen LogP contribution >= 0.6 is 11.6 Å². The van der Waals surface area contributed by atoms with Crippen LogP contribution in [-0.4, -0.2) is 37.9 Å². The van der Waals surface area contributed by atoms with Gasteiger partial charge in [-0.1, -0.05) is 18.5 Å². The van der Waals surface area contributed by atoms with Gasteiger partial charge in [0.1, 0.15) is 0 Å². The Balaban J connectivity index is 1.97. The predicted octanol–water partition coefficient (Wildman–Crippen LogP) is 2.25. The minimum absolute atomic E-state index is 0.154. The molecule has 8 heteroatoms. The second kappa shape index (κ2) is 7.90. The lowest BCUT2D eigenvalue weighted by molar-refractivity contribution is -0.126. The number of benzene rings is 1. The summed E-state index contributed by atoms with van der Waals surface area (Å²) >= 11 is 5.79. The van der Waals surface area contributed by atoms with E-state index in [1.54, 1.807) is 18.3 Å². The van der Waals surface area contributed by atoms with Crippen LogP contribution in [0.1, 0.15) is 26.2 Å². The van der Waals surface area contributed by atoms with E-state index in [-0.39, 0.29) is 16.7 Å². The molecule has 0 unspecified atom stereocenters. The third kappa shape index (κ3) is 4.53. The number of sulfonamides is 1. The number of piperidine rings is 1. The fourth-order valence-corrected chi connectivity index (χ4v) is 4.00. The Kier molecular flexibility index (Phi) is 6.15. The quantitative estimate of drug-likeness (QED) is 0.648. The average molecular weight is 358 g/mol. The monoisotopic (exact) mass is 357 g/mol. The van der Waals surface area contributed by atoms with Gasteiger partial charge in [0.05, 0.1) is 4.90 Å². The Hall–Kier alpha value is -1.44. The highest BCUT2D eigenvalue weighted by molar-refractivity contribution is 7.89. The van der Waals surface area contributed by atoms with Crippen molar-refractivity contribution in [1.82, 2.24) is 9.73 Å². The largest absolute Gasteiger partial charge is 0.273 e. The molecule has 0 aliphatic carbocycles. The lowest BCUT2D eigenvalue weighted by atomic mass is 9.98. The van der Waals surface area contributed by atoms with Gasteiger partial charge in [0, 0.05) is 30.2 Å². The maximum absolute atomic E-state index is 12.5. The smallest absolute Gasteiger partial charge is 0.243 e. The zero-order chi connectivity index (χ0) is 16.9. The normalized spacial score (nSPS) is 17.5. The summed E-state index contributed by atoms with van der Waals surface area (Å²) in [5.41, 5.74) is 2.49. The lowest BCUT2D eigenvalue weighted by Crippen LogP contribution is -2.42. The van der Waals surface area contributed by atoms with Crippen LogP contribution in [-0.2, 0) is 14.8 Å². The van der Waals surface area contributed by atoms with E-state index in [1.165, 1.54) is 16.4 Å². The number of amides is 1. The molecule has 2 rings (SSSR count). The molecule has 1 aromatic rings. The second-order valence-corrected chi connectivity index (χ2v) is 7.70. The van der Waals surface area contributed by atoms with Crippen molar-refractivity contribution < 1.29 is 13.2 Å². The van der Waals surface area contributed by atoms with Crippen molar-refractivity contribution in [2.24, 2.45) is 11.0 Å². The number of carbonyl (C=O) groups excluding carboxylic acids is 1. The molecule has 0 bridgehead atoms. The maximum Gasteiger partial charge on any atom is 0.243 e. The lowest BCUT2D eigenvalue weighted by Gasteiger charge is -2.30. The van der Waals surface area contributed by atoms with Gasteiger partial charge in [-0.25, -0.2) is 13.8 Å². The summed E-state index contributed by atoms with van der Waals surface area (Å²) in [6.07, 6.45) is 3.34. The number of nitrogens with zero attached hydrogens (tertiary/aromatic N) is 2. The summed E-state index contributed by atoms with van der Waals surface area (Å²) in [7, 11) is -3.54. The van der Waals surface area contributed by atoms with Crippen LogP contribution in [0.3, 0.4) is 0 Å². The molecule has 0 atom stereocenters. The minimum atomic E-state index is -3.54. The van der Waals surface area contributed by atoms with E-state index in [0.717, 1.165) is 6.42 Å². The number of halogens is 1. The van der Waals surface area contributed by atoms with Crippen LogP contribution < -0.4 is 5.43 Å². The molecule has 0 radical (unpaired) electrons. The van der Waals surface area contributed by atoms with Crippen molar-refractivity contribution in [1.29, 1.82) is 0 Å². The first-order valence-corrected chi connectivity index (χ1v) is 9.34. The van der Waals surface area contributed by atoms with Gasteiger partial charge in [0.25, 0.3) is 0 Å². The number of hydrazone groups is 1. The Morgan fingerprint density at radius 3 is 2.52 bits per heavy atom. The van der Waals surface area contributed by atoms with Crippen LogP contribution in [0.25, 0.3) is 0 Å². The van der Waals surface area contributed by atoms with Gasteiger partial charge >= 0.3 is 0 Å². The molecule has 1 fully saturated rings. The summed E-state index contributed by atoms with van der Waals surface area (Å²) < 4.78 is 26.5. The Morgan fingerprint density at radius 2 is 1.96 bits per heavy atom. The van der Waals surface area contributed by atoms with Gasteiger partial charge in [-0.05, 0) is 43.5 Å². The average Bonchev–Trinajstić information content (AvgIpc) is 2.55. The van der Waals surface area contributed by atoms with E-state index >= 15 is 0 Å². The van der Waals surface area contributed by atoms with Crippen LogP contribution in [0.4, 0.5) is 0 Å². The first kappa shape index (κ1) is 17.9. The number of rotatable bonds is 5. The van der Waals surface area contributed by atoms with E-state index in [1.807, 2.05) is 6.92 Å². The van der Waals surface area contributed by atoms with Gasteiger partial charge in [0.15, 0.2) is 0 Å². The fraction of sp³-hybridized carbons (Fsp3) is 0.467. The standard InChI is InChI=1S/C15H20ClN3O3S/c1-2-9-17-18-15(20)12-7-10-19(11-8-12)23(21,22)14-5-3-13(16)4-6-14/h3-6,9,12H,2,7-8,10-11H2,1H3,(H,18,20)/b17-9+. The van der Waals surface area contributed by atoms with E-state index in [2.05, 4.69) is 10.5 Å². The van der Waals surface area contributed by atoms with Gasteiger partial charge < -0.3 is 0 Å². The Morgan fingerprint density at radius 1 is 1.35 bits per heavy atom. The fourth-order valence-electron chi connectivity index (χ4n) is 2.41. The highest BCUT2D eigenvalue weighted by Gasteiger charge is 2.31. The Labute approximate surface area is 141 Å². The van der Waals surface area contributed by atoms with E-state index in [0.29, 0.717) is 31.0 Å². The van der Waals surface area contributed by atoms with Gasteiger partial charge in [0.2, 0.25) is 15.9 Å². The van der Waals surface area contributed by atoms with Crippen molar-refractivity contribution in [2.75, 3.05) is 13.1 Å². The molecule has 1 aliphatic heterocycles. The van der Waals surface area contributed by atoms with Gasteiger partial charge in [-0.15, -0.1) is 0 Å². The SMILES string of the molecule is CC/C=N/NC(=O)C1CCN(S(=O)(=O)c2ccc(Cl)cc2)CC1. The molecule has 1 aromatic carbocycles. The molecule has 0 spiro atoms. The third-order valence-corrected chi connectivity index (χ3v) is 5.89. The maximum atomic E-state index is 12.5. The zero-order valence-electron chi connectivity index (χ0n) is 12.9. The molecule has 126 valence electrons. The van der Waals surface area contributed by atoms with E-state index in [4.69, 9.17) is 11.6 Å². The topological polar surface area (TPSA) is 78.8 Å². The van der Waals surface area contributed by atoms with Crippen LogP contribution in [0.2, 0.25) is 5.02 Å². The predicted molar refractivity (Wildman–Crippen MR) is 89.9 cm³/mol. The molecule has 1 saturated heterocycles. The summed E-state index contributed by atoms with van der Waals surface area (Å²) in [5, 5.41) is 4.31. The van der Waals surface area contributed by atoms with Crippen molar-refractivity contribution in [3.05, 3.63) is 29.3 Å². The molecule has 6 nitrogen and oxygen atoms in total. The van der Waals surface area contributed by atoms with Crippen LogP contribution in [0.15, 0.2) is 34.3 Å². The zero-order valence-corrected chi connectivity index (χ0v) is 14.5. The first-order valence-electron chi connectivity index (χ1n) is 7.52. The number of hydrogen-bond acceptors (Lipinski definition) is 4. The van der Waals surface area contributed by atoms with Gasteiger partial charge in [-0.2, -0.15) is 9.41 Å². The number of hydrogen-bond donors (Lipinski definition) is 1. The van der Waals surface area contributed by atoms with E-state index in [9.17, 15) is 13.2 Å². The molecular weight excluding hydrogens is 338 g/mol. The highest BCUT2D eigenvalue weighted by atomic mass is 35.5. The molecule has 1 aliphatic rings.